The summed E-state index contributed by atoms with van der Waals surface area (Å²) in [6.45, 7) is 0. The number of methoxy groups -OCH3 is 2. The first-order chi connectivity index (χ1) is 10.7. The van der Waals surface area contributed by atoms with E-state index in [9.17, 15) is 10.1 Å². The minimum atomic E-state index is -0.531. The average Bonchev–Trinajstić information content (AvgIpc) is 2.54. The van der Waals surface area contributed by atoms with E-state index in [2.05, 4.69) is 15.5 Å². The Morgan fingerprint density at radius 1 is 1.27 bits per heavy atom. The summed E-state index contributed by atoms with van der Waals surface area (Å²) in [5.74, 6) is 1.15. The van der Waals surface area contributed by atoms with E-state index in [-0.39, 0.29) is 11.5 Å². The summed E-state index contributed by atoms with van der Waals surface area (Å²) in [5.41, 5.74) is 3.06. The highest BCUT2D eigenvalue weighted by Crippen LogP contribution is 2.29. The molecule has 0 saturated heterocycles. The molecule has 2 rings (SSSR count). The first kappa shape index (κ1) is 15.2. The number of nitrogens with one attached hydrogen (secondary N) is 1. The summed E-state index contributed by atoms with van der Waals surface area (Å²) in [5, 5.41) is 14.8. The van der Waals surface area contributed by atoms with Gasteiger partial charge in [0.05, 0.1) is 25.4 Å². The first-order valence-corrected chi connectivity index (χ1v) is 6.27. The Morgan fingerprint density at radius 3 is 2.77 bits per heavy atom. The van der Waals surface area contributed by atoms with Crippen molar-refractivity contribution in [1.29, 1.82) is 0 Å². The van der Waals surface area contributed by atoms with Gasteiger partial charge in [-0.1, -0.05) is 6.07 Å². The highest BCUT2D eigenvalue weighted by Gasteiger charge is 2.13. The maximum Gasteiger partial charge on any atom is 0.313 e. The Bertz CT molecular complexity index is 703. The summed E-state index contributed by atoms with van der Waals surface area (Å²) in [6.07, 6.45) is 2.91. The Balaban J connectivity index is 2.22. The smallest absolute Gasteiger partial charge is 0.313 e. The van der Waals surface area contributed by atoms with E-state index in [1.165, 1.54) is 38.8 Å². The standard InChI is InChI=1S/C14H14N4O4/c1-21-12-7-3-5-10(13(12)22-2)9-16-17-14-11(18(19)20)6-4-8-15-14/h3-9H,1-2H3,(H,15,17)/b16-9+. The molecule has 0 aliphatic carbocycles. The number of aromatic nitrogens is 1. The van der Waals surface area contributed by atoms with E-state index in [4.69, 9.17) is 9.47 Å². The Hall–Kier alpha value is -3.16. The molecule has 0 aliphatic heterocycles. The summed E-state index contributed by atoms with van der Waals surface area (Å²) < 4.78 is 10.4. The highest BCUT2D eigenvalue weighted by atomic mass is 16.6. The second kappa shape index (κ2) is 7.02. The Labute approximate surface area is 126 Å². The molecule has 0 amide bonds. The van der Waals surface area contributed by atoms with Gasteiger partial charge in [-0.2, -0.15) is 5.10 Å². The van der Waals surface area contributed by atoms with Gasteiger partial charge in [-0.05, 0) is 18.2 Å². The summed E-state index contributed by atoms with van der Waals surface area (Å²) in [7, 11) is 3.06. The molecule has 2 aromatic rings. The van der Waals surface area contributed by atoms with E-state index >= 15 is 0 Å². The number of nitrogens with zero attached hydrogens (tertiary/aromatic N) is 3. The molecule has 0 atom stereocenters. The van der Waals surface area contributed by atoms with Gasteiger partial charge in [0.25, 0.3) is 0 Å². The molecule has 0 spiro atoms. The number of benzene rings is 1. The number of ether oxygens (including phenoxy) is 2. The molecule has 0 radical (unpaired) electrons. The lowest BCUT2D eigenvalue weighted by atomic mass is 10.2. The molecule has 0 bridgehead atoms. The Kier molecular flexibility index (Phi) is 4.86. The van der Waals surface area contributed by atoms with E-state index < -0.39 is 4.92 Å². The van der Waals surface area contributed by atoms with Gasteiger partial charge in [0, 0.05) is 17.8 Å². The second-order valence-corrected chi connectivity index (χ2v) is 4.08. The highest BCUT2D eigenvalue weighted by molar-refractivity contribution is 5.85. The van der Waals surface area contributed by atoms with Crippen LogP contribution in [0.2, 0.25) is 0 Å². The van der Waals surface area contributed by atoms with Gasteiger partial charge >= 0.3 is 5.69 Å². The third-order valence-corrected chi connectivity index (χ3v) is 2.79. The maximum atomic E-state index is 10.9. The number of hydrazone groups is 1. The van der Waals surface area contributed by atoms with Crippen molar-refractivity contribution in [2.45, 2.75) is 0 Å². The monoisotopic (exact) mass is 302 g/mol. The zero-order valence-electron chi connectivity index (χ0n) is 12.0. The van der Waals surface area contributed by atoms with Gasteiger partial charge in [-0.25, -0.2) is 4.98 Å². The van der Waals surface area contributed by atoms with Crippen LogP contribution in [0.25, 0.3) is 0 Å². The van der Waals surface area contributed by atoms with Crippen LogP contribution in [0.5, 0.6) is 11.5 Å². The molecule has 8 nitrogen and oxygen atoms in total. The fourth-order valence-corrected chi connectivity index (χ4v) is 1.81. The third kappa shape index (κ3) is 3.29. The van der Waals surface area contributed by atoms with Crippen molar-refractivity contribution in [3.63, 3.8) is 0 Å². The second-order valence-electron chi connectivity index (χ2n) is 4.08. The summed E-state index contributed by atoms with van der Waals surface area (Å²) in [4.78, 5) is 14.2. The van der Waals surface area contributed by atoms with Crippen LogP contribution < -0.4 is 14.9 Å². The van der Waals surface area contributed by atoms with Crippen molar-refractivity contribution < 1.29 is 14.4 Å². The van der Waals surface area contributed by atoms with Crippen molar-refractivity contribution in [3.8, 4) is 11.5 Å². The number of anilines is 1. The molecule has 1 aromatic heterocycles. The van der Waals surface area contributed by atoms with E-state index in [1.54, 1.807) is 18.2 Å². The molecule has 8 heteroatoms. The largest absolute Gasteiger partial charge is 0.493 e. The minimum Gasteiger partial charge on any atom is -0.493 e. The maximum absolute atomic E-state index is 10.9. The molecule has 0 fully saturated rings. The summed E-state index contributed by atoms with van der Waals surface area (Å²) >= 11 is 0. The van der Waals surface area contributed by atoms with Crippen LogP contribution in [0.4, 0.5) is 11.5 Å². The van der Waals surface area contributed by atoms with Crippen molar-refractivity contribution in [1.82, 2.24) is 4.98 Å². The molecule has 0 saturated carbocycles. The molecular formula is C14H14N4O4. The molecule has 1 heterocycles. The molecule has 1 N–H and O–H groups in total. The van der Waals surface area contributed by atoms with E-state index in [1.807, 2.05) is 0 Å². The lowest BCUT2D eigenvalue weighted by molar-refractivity contribution is -0.384. The van der Waals surface area contributed by atoms with Gasteiger partial charge in [-0.3, -0.25) is 15.5 Å². The molecule has 114 valence electrons. The zero-order valence-corrected chi connectivity index (χ0v) is 12.0. The summed E-state index contributed by atoms with van der Waals surface area (Å²) in [6, 6.07) is 8.15. The van der Waals surface area contributed by atoms with E-state index in [0.717, 1.165) is 0 Å². The van der Waals surface area contributed by atoms with Crippen molar-refractivity contribution >= 4 is 17.7 Å². The fraction of sp³-hybridized carbons (Fsp3) is 0.143. The molecule has 0 aliphatic rings. The van der Waals surface area contributed by atoms with Gasteiger partial charge in [-0.15, -0.1) is 0 Å². The van der Waals surface area contributed by atoms with Crippen LogP contribution in [0.3, 0.4) is 0 Å². The number of pyridine rings is 1. The molecule has 1 aromatic carbocycles. The number of rotatable bonds is 6. The van der Waals surface area contributed by atoms with Gasteiger partial charge in [0.1, 0.15) is 0 Å². The van der Waals surface area contributed by atoms with Gasteiger partial charge in [0.15, 0.2) is 11.5 Å². The van der Waals surface area contributed by atoms with Gasteiger partial charge in [0.2, 0.25) is 5.82 Å². The minimum absolute atomic E-state index is 0.0608. The predicted octanol–water partition coefficient (Wildman–Crippen LogP) is 2.45. The van der Waals surface area contributed by atoms with Crippen LogP contribution >= 0.6 is 0 Å². The Morgan fingerprint density at radius 2 is 2.09 bits per heavy atom. The van der Waals surface area contributed by atoms with Crippen LogP contribution in [0, 0.1) is 10.1 Å². The fourth-order valence-electron chi connectivity index (χ4n) is 1.81. The predicted molar refractivity (Wildman–Crippen MR) is 81.7 cm³/mol. The average molecular weight is 302 g/mol. The van der Waals surface area contributed by atoms with Crippen LogP contribution in [-0.4, -0.2) is 30.3 Å². The van der Waals surface area contributed by atoms with Crippen LogP contribution in [0.1, 0.15) is 5.56 Å². The number of para-hydroxylation sites is 1. The quantitative estimate of drug-likeness (QED) is 0.500. The lowest BCUT2D eigenvalue weighted by Gasteiger charge is -2.09. The molecule has 22 heavy (non-hydrogen) atoms. The van der Waals surface area contributed by atoms with E-state index in [0.29, 0.717) is 17.1 Å². The third-order valence-electron chi connectivity index (χ3n) is 2.79. The van der Waals surface area contributed by atoms with Gasteiger partial charge < -0.3 is 9.47 Å². The number of hydrogen-bond donors (Lipinski definition) is 1. The molecular weight excluding hydrogens is 288 g/mol. The number of nitro groups is 1. The van der Waals surface area contributed by atoms with Crippen molar-refractivity contribution in [2.75, 3.05) is 19.6 Å². The molecule has 0 unspecified atom stereocenters. The topological polar surface area (TPSA) is 98.9 Å². The first-order valence-electron chi connectivity index (χ1n) is 6.27. The SMILES string of the molecule is COc1cccc(/C=N/Nc2ncccc2[N+](=O)[O-])c1OC. The lowest BCUT2D eigenvalue weighted by Crippen LogP contribution is -2.00. The normalized spacial score (nSPS) is 10.5. The van der Waals surface area contributed by atoms with Crippen LogP contribution in [0.15, 0.2) is 41.6 Å². The van der Waals surface area contributed by atoms with Crippen molar-refractivity contribution in [3.05, 3.63) is 52.2 Å². The van der Waals surface area contributed by atoms with Crippen molar-refractivity contribution in [2.24, 2.45) is 5.10 Å². The number of hydrogen-bond acceptors (Lipinski definition) is 7. The zero-order chi connectivity index (χ0) is 15.9. The van der Waals surface area contributed by atoms with Crippen LogP contribution in [-0.2, 0) is 0 Å².